The number of benzene rings is 4. The third kappa shape index (κ3) is 3.90. The average molecular weight is 429 g/mol. The van der Waals surface area contributed by atoms with Crippen LogP contribution in [0.4, 0.5) is 4.79 Å². The average Bonchev–Trinajstić information content (AvgIpc) is 2.78. The molecule has 0 heterocycles. The summed E-state index contributed by atoms with van der Waals surface area (Å²) in [4.78, 5) is 35.8. The molecule has 5 nitrogen and oxygen atoms in total. The van der Waals surface area contributed by atoms with Crippen molar-refractivity contribution in [3.05, 3.63) is 77.9 Å². The first-order chi connectivity index (χ1) is 15.0. The van der Waals surface area contributed by atoms with E-state index in [9.17, 15) is 14.4 Å². The molecule has 0 fully saturated rings. The van der Waals surface area contributed by atoms with Gasteiger partial charge in [0.15, 0.2) is 18.0 Å². The van der Waals surface area contributed by atoms with E-state index in [2.05, 4.69) is 0 Å². The number of nitrogens with two attached hydrogens (primary N) is 1. The molecule has 1 atom stereocenters. The summed E-state index contributed by atoms with van der Waals surface area (Å²) < 4.78 is 5.16. The molecule has 0 aromatic heterocycles. The Kier molecular flexibility index (Phi) is 5.73. The fraction of sp³-hybridized carbons (Fsp3) is 0.0800. The first-order valence-corrected chi connectivity index (χ1v) is 10.5. The summed E-state index contributed by atoms with van der Waals surface area (Å²) in [6, 6.07) is 20.9. The molecular formula is C25H19NO4S. The van der Waals surface area contributed by atoms with Gasteiger partial charge < -0.3 is 10.5 Å². The van der Waals surface area contributed by atoms with Gasteiger partial charge in [-0.1, -0.05) is 72.4 Å². The van der Waals surface area contributed by atoms with Crippen LogP contribution in [0.5, 0.6) is 0 Å². The highest BCUT2D eigenvalue weighted by Gasteiger charge is 2.20. The highest BCUT2D eigenvalue weighted by atomic mass is 32.2. The van der Waals surface area contributed by atoms with Gasteiger partial charge in [-0.25, -0.2) is 4.79 Å². The quantitative estimate of drug-likeness (QED) is 0.237. The topological polar surface area (TPSA) is 86.5 Å². The van der Waals surface area contributed by atoms with Crippen molar-refractivity contribution < 1.29 is 19.1 Å². The summed E-state index contributed by atoms with van der Waals surface area (Å²) in [6.07, 6.45) is 0.677. The van der Waals surface area contributed by atoms with Crippen LogP contribution in [-0.2, 0) is 4.74 Å². The van der Waals surface area contributed by atoms with E-state index < -0.39 is 11.5 Å². The summed E-state index contributed by atoms with van der Waals surface area (Å²) in [7, 11) is 0. The van der Waals surface area contributed by atoms with Gasteiger partial charge in [-0.05, 0) is 40.1 Å². The molecule has 1 unspecified atom stereocenters. The predicted octanol–water partition coefficient (Wildman–Crippen LogP) is 5.82. The zero-order valence-corrected chi connectivity index (χ0v) is 17.5. The summed E-state index contributed by atoms with van der Waals surface area (Å²) in [5, 5.41) is 3.55. The highest BCUT2D eigenvalue weighted by molar-refractivity contribution is 8.00. The van der Waals surface area contributed by atoms with Crippen LogP contribution in [0.25, 0.3) is 32.7 Å². The molecule has 4 aromatic rings. The molecule has 1 amide bonds. The Morgan fingerprint density at radius 1 is 0.903 bits per heavy atom. The van der Waals surface area contributed by atoms with Crippen molar-refractivity contribution in [2.24, 2.45) is 5.73 Å². The zero-order chi connectivity index (χ0) is 22.0. The van der Waals surface area contributed by atoms with Crippen LogP contribution in [0.2, 0.25) is 0 Å². The standard InChI is InChI=1S/C25H19NO4S/c1-15(30-25(26)29)31-24-20-8-3-2-6-16(20)10-11-22(24)23-18(14-28)12-17(13-27)19-7-4-5-9-21(19)23/h2-15H,1H3,(H2,26,29). The zero-order valence-electron chi connectivity index (χ0n) is 16.7. The van der Waals surface area contributed by atoms with Gasteiger partial charge in [-0.2, -0.15) is 0 Å². The number of rotatable bonds is 6. The van der Waals surface area contributed by atoms with Crippen molar-refractivity contribution >= 4 is 52.0 Å². The van der Waals surface area contributed by atoms with Gasteiger partial charge in [-0.3, -0.25) is 9.59 Å². The van der Waals surface area contributed by atoms with Gasteiger partial charge in [0.1, 0.15) is 0 Å². The maximum absolute atomic E-state index is 12.0. The summed E-state index contributed by atoms with van der Waals surface area (Å²) in [5.41, 5.74) is 7.10. The summed E-state index contributed by atoms with van der Waals surface area (Å²) >= 11 is 1.35. The largest absolute Gasteiger partial charge is 0.435 e. The van der Waals surface area contributed by atoms with Gasteiger partial charge in [0, 0.05) is 21.6 Å². The minimum atomic E-state index is -0.851. The van der Waals surface area contributed by atoms with Crippen molar-refractivity contribution in [2.75, 3.05) is 0 Å². The second-order valence-corrected chi connectivity index (χ2v) is 8.30. The highest BCUT2D eigenvalue weighted by Crippen LogP contribution is 2.43. The van der Waals surface area contributed by atoms with E-state index in [-0.39, 0.29) is 0 Å². The fourth-order valence-corrected chi connectivity index (χ4v) is 4.92. The minimum absolute atomic E-state index is 0.418. The van der Waals surface area contributed by atoms with E-state index in [1.165, 1.54) is 11.8 Å². The molecule has 0 bridgehead atoms. The predicted molar refractivity (Wildman–Crippen MR) is 124 cm³/mol. The molecule has 0 aliphatic rings. The number of hydrogen-bond acceptors (Lipinski definition) is 5. The van der Waals surface area contributed by atoms with Crippen LogP contribution in [-0.4, -0.2) is 24.1 Å². The number of carbonyl (C=O) groups excluding carboxylic acids is 3. The van der Waals surface area contributed by atoms with Crippen LogP contribution in [0.1, 0.15) is 27.6 Å². The molecule has 0 aliphatic heterocycles. The van der Waals surface area contributed by atoms with E-state index in [1.807, 2.05) is 60.7 Å². The third-order valence-corrected chi connectivity index (χ3v) is 6.18. The lowest BCUT2D eigenvalue weighted by Gasteiger charge is -2.19. The first kappa shape index (κ1) is 20.6. The number of thioether (sulfide) groups is 1. The smallest absolute Gasteiger partial charge is 0.405 e. The molecule has 154 valence electrons. The Bertz CT molecular complexity index is 1330. The lowest BCUT2D eigenvalue weighted by Crippen LogP contribution is -2.18. The molecule has 0 spiro atoms. The second-order valence-electron chi connectivity index (χ2n) is 7.00. The number of fused-ring (bicyclic) bond motifs is 2. The molecule has 0 saturated carbocycles. The Balaban J connectivity index is 2.06. The molecule has 31 heavy (non-hydrogen) atoms. The van der Waals surface area contributed by atoms with Crippen molar-refractivity contribution in [1.29, 1.82) is 0 Å². The van der Waals surface area contributed by atoms with E-state index in [0.29, 0.717) is 11.1 Å². The minimum Gasteiger partial charge on any atom is -0.435 e. The normalized spacial score (nSPS) is 11.9. The van der Waals surface area contributed by atoms with Gasteiger partial charge in [0.25, 0.3) is 0 Å². The number of ether oxygens (including phenoxy) is 1. The Morgan fingerprint density at radius 2 is 1.55 bits per heavy atom. The Morgan fingerprint density at radius 3 is 2.23 bits per heavy atom. The Labute approximate surface area is 183 Å². The van der Waals surface area contributed by atoms with Crippen molar-refractivity contribution in [3.63, 3.8) is 0 Å². The van der Waals surface area contributed by atoms with Gasteiger partial charge >= 0.3 is 6.09 Å². The second kappa shape index (κ2) is 8.62. The van der Waals surface area contributed by atoms with Crippen LogP contribution < -0.4 is 5.73 Å². The number of aldehydes is 2. The van der Waals surface area contributed by atoms with E-state index >= 15 is 0 Å². The molecule has 0 aliphatic carbocycles. The van der Waals surface area contributed by atoms with Crippen LogP contribution in [0, 0.1) is 0 Å². The monoisotopic (exact) mass is 429 g/mol. The van der Waals surface area contributed by atoms with Crippen molar-refractivity contribution in [1.82, 2.24) is 0 Å². The molecule has 0 radical (unpaired) electrons. The molecule has 6 heteroatoms. The number of amides is 1. The number of primary amides is 1. The van der Waals surface area contributed by atoms with Crippen LogP contribution in [0.3, 0.4) is 0 Å². The van der Waals surface area contributed by atoms with Crippen LogP contribution >= 0.6 is 11.8 Å². The van der Waals surface area contributed by atoms with Gasteiger partial charge in [0.2, 0.25) is 0 Å². The number of carbonyl (C=O) groups is 3. The lowest BCUT2D eigenvalue weighted by molar-refractivity contribution is 0.112. The first-order valence-electron chi connectivity index (χ1n) is 9.64. The van der Waals surface area contributed by atoms with E-state index in [1.54, 1.807) is 13.0 Å². The fourth-order valence-electron chi connectivity index (χ4n) is 3.84. The molecule has 2 N–H and O–H groups in total. The van der Waals surface area contributed by atoms with E-state index in [4.69, 9.17) is 10.5 Å². The molecular weight excluding hydrogens is 410 g/mol. The van der Waals surface area contributed by atoms with Gasteiger partial charge in [-0.15, -0.1) is 0 Å². The SMILES string of the molecule is CC(OC(N)=O)Sc1c(-c2c(C=O)cc(C=O)c3ccccc23)ccc2ccccc12. The van der Waals surface area contributed by atoms with Crippen molar-refractivity contribution in [2.45, 2.75) is 17.3 Å². The lowest BCUT2D eigenvalue weighted by atomic mass is 9.90. The van der Waals surface area contributed by atoms with E-state index in [0.717, 1.165) is 50.1 Å². The summed E-state index contributed by atoms with van der Waals surface area (Å²) in [5.74, 6) is 0. The van der Waals surface area contributed by atoms with Gasteiger partial charge in [0.05, 0.1) is 0 Å². The Hall–Kier alpha value is -3.64. The molecule has 0 saturated heterocycles. The molecule has 4 rings (SSSR count). The maximum Gasteiger partial charge on any atom is 0.405 e. The van der Waals surface area contributed by atoms with Crippen molar-refractivity contribution in [3.8, 4) is 11.1 Å². The number of hydrogen-bond donors (Lipinski definition) is 1. The maximum atomic E-state index is 12.0. The summed E-state index contributed by atoms with van der Waals surface area (Å²) in [6.45, 7) is 1.75. The third-order valence-electron chi connectivity index (χ3n) is 5.08. The molecule has 4 aromatic carbocycles. The van der Waals surface area contributed by atoms with Crippen LogP contribution in [0.15, 0.2) is 71.6 Å².